The summed E-state index contributed by atoms with van der Waals surface area (Å²) in [5.74, 6) is -0.973. The number of amides is 1. The van der Waals surface area contributed by atoms with Gasteiger partial charge in [0.15, 0.2) is 11.5 Å². The van der Waals surface area contributed by atoms with Crippen LogP contribution in [-0.4, -0.2) is 36.0 Å². The summed E-state index contributed by atoms with van der Waals surface area (Å²) in [5, 5.41) is 11.2. The maximum Gasteiger partial charge on any atom is 0.300 e. The summed E-state index contributed by atoms with van der Waals surface area (Å²) >= 11 is 3.41. The van der Waals surface area contributed by atoms with Crippen LogP contribution in [0.2, 0.25) is 0 Å². The van der Waals surface area contributed by atoms with Crippen LogP contribution in [0.4, 0.5) is 5.69 Å². The van der Waals surface area contributed by atoms with E-state index in [-0.39, 0.29) is 11.3 Å². The Morgan fingerprint density at radius 1 is 1.03 bits per heavy atom. The van der Waals surface area contributed by atoms with Gasteiger partial charge in [-0.1, -0.05) is 28.1 Å². The fourth-order valence-electron chi connectivity index (χ4n) is 3.72. The maximum absolute atomic E-state index is 13.2. The first-order valence-electron chi connectivity index (χ1n) is 9.65. The number of nitrogens with zero attached hydrogens (tertiary/aromatic N) is 2. The number of aliphatic hydroxyl groups excluding tert-OH is 1. The van der Waals surface area contributed by atoms with Gasteiger partial charge in [0.1, 0.15) is 5.76 Å². The summed E-state index contributed by atoms with van der Waals surface area (Å²) in [6.45, 7) is 0. The van der Waals surface area contributed by atoms with Gasteiger partial charge >= 0.3 is 0 Å². The number of ketones is 1. The fraction of sp³-hybridized carbons (Fsp3) is 0.125. The Morgan fingerprint density at radius 3 is 2.47 bits per heavy atom. The summed E-state index contributed by atoms with van der Waals surface area (Å²) in [6, 6.07) is 14.5. The molecule has 1 aliphatic rings. The number of ether oxygens (including phenoxy) is 2. The number of rotatable bonds is 5. The maximum atomic E-state index is 13.2. The highest BCUT2D eigenvalue weighted by atomic mass is 79.9. The molecule has 0 spiro atoms. The summed E-state index contributed by atoms with van der Waals surface area (Å²) in [6.07, 6.45) is 3.17. The zero-order valence-corrected chi connectivity index (χ0v) is 18.9. The van der Waals surface area contributed by atoms with E-state index in [4.69, 9.17) is 9.47 Å². The van der Waals surface area contributed by atoms with Gasteiger partial charge in [-0.05, 0) is 48.0 Å². The van der Waals surface area contributed by atoms with Gasteiger partial charge in [-0.15, -0.1) is 0 Å². The Kier molecular flexibility index (Phi) is 5.96. The number of methoxy groups -OCH3 is 2. The molecule has 32 heavy (non-hydrogen) atoms. The SMILES string of the molecule is COc1ccc(/C(O)=C2\C(=O)C(=O)N(c3cccc(Br)c3)C2c2cccnc2)cc1OC. The lowest BCUT2D eigenvalue weighted by Crippen LogP contribution is -2.29. The Morgan fingerprint density at radius 2 is 1.81 bits per heavy atom. The van der Waals surface area contributed by atoms with Crippen molar-refractivity contribution in [2.45, 2.75) is 6.04 Å². The molecule has 162 valence electrons. The van der Waals surface area contributed by atoms with E-state index in [0.29, 0.717) is 28.3 Å². The van der Waals surface area contributed by atoms with Crippen molar-refractivity contribution < 1.29 is 24.2 Å². The summed E-state index contributed by atoms with van der Waals surface area (Å²) in [5.41, 5.74) is 1.40. The monoisotopic (exact) mass is 494 g/mol. The lowest BCUT2D eigenvalue weighted by Gasteiger charge is -2.25. The number of carbonyl (C=O) groups excluding carboxylic acids is 2. The van der Waals surface area contributed by atoms with E-state index in [1.165, 1.54) is 19.1 Å². The number of Topliss-reactive ketones (excluding diaryl/α,β-unsaturated/α-hetero) is 1. The van der Waals surface area contributed by atoms with Crippen molar-refractivity contribution in [1.82, 2.24) is 4.98 Å². The molecule has 0 bridgehead atoms. The zero-order valence-electron chi connectivity index (χ0n) is 17.3. The molecule has 4 rings (SSSR count). The molecule has 1 unspecified atom stereocenters. The predicted molar refractivity (Wildman–Crippen MR) is 123 cm³/mol. The second-order valence-electron chi connectivity index (χ2n) is 7.01. The molecule has 3 aromatic rings. The number of carbonyl (C=O) groups is 2. The molecular formula is C24H19BrN2O5. The highest BCUT2D eigenvalue weighted by Gasteiger charge is 2.47. The third kappa shape index (κ3) is 3.73. The van der Waals surface area contributed by atoms with Crippen LogP contribution in [0.5, 0.6) is 11.5 Å². The Bertz CT molecular complexity index is 1230. The molecular weight excluding hydrogens is 476 g/mol. The van der Waals surface area contributed by atoms with Crippen molar-refractivity contribution >= 4 is 39.1 Å². The van der Waals surface area contributed by atoms with Crippen molar-refractivity contribution in [2.75, 3.05) is 19.1 Å². The van der Waals surface area contributed by atoms with Gasteiger partial charge in [-0.3, -0.25) is 19.5 Å². The molecule has 1 N–H and O–H groups in total. The average Bonchev–Trinajstić information content (AvgIpc) is 3.09. The first kappa shape index (κ1) is 21.6. The van der Waals surface area contributed by atoms with E-state index in [1.807, 2.05) is 6.07 Å². The fourth-order valence-corrected chi connectivity index (χ4v) is 4.10. The zero-order chi connectivity index (χ0) is 22.8. The second kappa shape index (κ2) is 8.84. The summed E-state index contributed by atoms with van der Waals surface area (Å²) in [4.78, 5) is 31.8. The molecule has 0 aliphatic carbocycles. The number of anilines is 1. The molecule has 1 fully saturated rings. The van der Waals surface area contributed by atoms with Crippen molar-refractivity contribution in [2.24, 2.45) is 0 Å². The molecule has 0 radical (unpaired) electrons. The first-order chi connectivity index (χ1) is 15.5. The van der Waals surface area contributed by atoms with E-state index < -0.39 is 17.7 Å². The van der Waals surface area contributed by atoms with Gasteiger partial charge in [0.2, 0.25) is 0 Å². The van der Waals surface area contributed by atoms with Gasteiger partial charge in [-0.25, -0.2) is 0 Å². The minimum atomic E-state index is -0.855. The van der Waals surface area contributed by atoms with Crippen LogP contribution >= 0.6 is 15.9 Å². The lowest BCUT2D eigenvalue weighted by molar-refractivity contribution is -0.132. The summed E-state index contributed by atoms with van der Waals surface area (Å²) in [7, 11) is 2.98. The minimum Gasteiger partial charge on any atom is -0.507 e. The number of hydrogen-bond donors (Lipinski definition) is 1. The predicted octanol–water partition coefficient (Wildman–Crippen LogP) is 4.49. The van der Waals surface area contributed by atoms with Crippen molar-refractivity contribution in [3.63, 3.8) is 0 Å². The smallest absolute Gasteiger partial charge is 0.300 e. The van der Waals surface area contributed by atoms with Crippen molar-refractivity contribution in [3.8, 4) is 11.5 Å². The molecule has 1 saturated heterocycles. The normalized spacial score (nSPS) is 17.5. The van der Waals surface area contributed by atoms with Crippen LogP contribution in [0, 0.1) is 0 Å². The van der Waals surface area contributed by atoms with Crippen LogP contribution in [0.3, 0.4) is 0 Å². The first-order valence-corrected chi connectivity index (χ1v) is 10.4. The van der Waals surface area contributed by atoms with Crippen LogP contribution in [0.25, 0.3) is 5.76 Å². The summed E-state index contributed by atoms with van der Waals surface area (Å²) < 4.78 is 11.3. The Hall–Kier alpha value is -3.65. The van der Waals surface area contributed by atoms with Gasteiger partial charge in [0.25, 0.3) is 11.7 Å². The number of hydrogen-bond acceptors (Lipinski definition) is 6. The van der Waals surface area contributed by atoms with Crippen LogP contribution in [0.1, 0.15) is 17.2 Å². The highest BCUT2D eigenvalue weighted by Crippen LogP contribution is 2.43. The number of halogens is 1. The van der Waals surface area contributed by atoms with Gasteiger partial charge < -0.3 is 14.6 Å². The Labute approximate surface area is 193 Å². The van der Waals surface area contributed by atoms with Gasteiger partial charge in [-0.2, -0.15) is 0 Å². The van der Waals surface area contributed by atoms with Crippen LogP contribution in [-0.2, 0) is 9.59 Å². The van der Waals surface area contributed by atoms with E-state index in [1.54, 1.807) is 60.9 Å². The Balaban J connectivity index is 1.93. The topological polar surface area (TPSA) is 89.0 Å². The lowest BCUT2D eigenvalue weighted by atomic mass is 9.96. The molecule has 7 nitrogen and oxygen atoms in total. The molecule has 1 aliphatic heterocycles. The third-order valence-electron chi connectivity index (χ3n) is 5.19. The quantitative estimate of drug-likeness (QED) is 0.319. The van der Waals surface area contributed by atoms with Crippen molar-refractivity contribution in [3.05, 3.63) is 88.2 Å². The standard InChI is InChI=1S/C24H19BrN2O5/c1-31-18-9-8-14(11-19(18)32-2)22(28)20-21(15-5-4-10-26-13-15)27(24(30)23(20)29)17-7-3-6-16(25)12-17/h3-13,21,28H,1-2H3/b22-20+. The van der Waals surface area contributed by atoms with Gasteiger partial charge in [0.05, 0.1) is 25.8 Å². The number of aromatic nitrogens is 1. The number of aliphatic hydroxyl groups is 1. The molecule has 1 atom stereocenters. The van der Waals surface area contributed by atoms with E-state index in [9.17, 15) is 14.7 Å². The van der Waals surface area contributed by atoms with Crippen molar-refractivity contribution in [1.29, 1.82) is 0 Å². The number of pyridine rings is 1. The molecule has 0 saturated carbocycles. The highest BCUT2D eigenvalue weighted by molar-refractivity contribution is 9.10. The third-order valence-corrected chi connectivity index (χ3v) is 5.68. The van der Waals surface area contributed by atoms with Gasteiger partial charge in [0, 0.05) is 28.1 Å². The van der Waals surface area contributed by atoms with E-state index in [2.05, 4.69) is 20.9 Å². The molecule has 2 heterocycles. The molecule has 2 aromatic carbocycles. The second-order valence-corrected chi connectivity index (χ2v) is 7.92. The molecule has 1 aromatic heterocycles. The van der Waals surface area contributed by atoms with Crippen LogP contribution in [0.15, 0.2) is 77.0 Å². The van der Waals surface area contributed by atoms with E-state index >= 15 is 0 Å². The minimum absolute atomic E-state index is 0.0322. The van der Waals surface area contributed by atoms with E-state index in [0.717, 1.165) is 4.47 Å². The number of benzene rings is 2. The molecule has 8 heteroatoms. The largest absolute Gasteiger partial charge is 0.507 e. The average molecular weight is 495 g/mol. The van der Waals surface area contributed by atoms with Crippen LogP contribution < -0.4 is 14.4 Å². The molecule has 1 amide bonds.